The number of nitrogens with one attached hydrogen (secondary N) is 2. The van der Waals surface area contributed by atoms with Crippen LogP contribution in [0.3, 0.4) is 0 Å². The molecule has 1 amide bonds. The van der Waals surface area contributed by atoms with Crippen LogP contribution in [0.5, 0.6) is 0 Å². The van der Waals surface area contributed by atoms with Crippen molar-refractivity contribution in [3.8, 4) is 0 Å². The molecule has 2 aliphatic heterocycles. The maximum absolute atomic E-state index is 12.7. The van der Waals surface area contributed by atoms with Crippen molar-refractivity contribution < 1.29 is 13.2 Å². The summed E-state index contributed by atoms with van der Waals surface area (Å²) in [6.45, 7) is 2.37. The minimum atomic E-state index is -3.01. The fourth-order valence-corrected chi connectivity index (χ4v) is 4.04. The second kappa shape index (κ2) is 5.55. The van der Waals surface area contributed by atoms with Gasteiger partial charge in [0.25, 0.3) is 5.91 Å². The topological polar surface area (TPSA) is 78.5 Å². The summed E-state index contributed by atoms with van der Waals surface area (Å²) < 4.78 is 23.3. The van der Waals surface area contributed by atoms with Gasteiger partial charge in [0.15, 0.2) is 9.84 Å². The van der Waals surface area contributed by atoms with Crippen molar-refractivity contribution >= 4 is 27.1 Å². The number of sulfone groups is 1. The zero-order valence-corrected chi connectivity index (χ0v) is 12.6. The highest BCUT2D eigenvalue weighted by Gasteiger charge is 2.26. The second-order valence-electron chi connectivity index (χ2n) is 5.38. The van der Waals surface area contributed by atoms with Crippen LogP contribution in [0.2, 0.25) is 0 Å². The first kappa shape index (κ1) is 14.2. The molecule has 0 aliphatic carbocycles. The van der Waals surface area contributed by atoms with E-state index in [1.807, 2.05) is 12.1 Å². The summed E-state index contributed by atoms with van der Waals surface area (Å²) in [5.41, 5.74) is 2.36. The van der Waals surface area contributed by atoms with Gasteiger partial charge >= 0.3 is 0 Å². The first-order valence-corrected chi connectivity index (χ1v) is 8.99. The minimum absolute atomic E-state index is 0.0550. The van der Waals surface area contributed by atoms with Gasteiger partial charge in [0.05, 0.1) is 28.4 Å². The Morgan fingerprint density at radius 1 is 1.10 bits per heavy atom. The standard InChI is InChI=1S/C14H19N3O3S/c18-14(17-7-2-9-21(19,20)10-8-17)11-3-1-4-12-13(11)16-6-5-15-12/h1,3-4,15-16H,2,5-10H2. The highest BCUT2D eigenvalue weighted by Crippen LogP contribution is 2.29. The Morgan fingerprint density at radius 2 is 1.90 bits per heavy atom. The lowest BCUT2D eigenvalue weighted by molar-refractivity contribution is 0.0769. The maximum atomic E-state index is 12.7. The molecule has 0 radical (unpaired) electrons. The van der Waals surface area contributed by atoms with Crippen molar-refractivity contribution in [2.75, 3.05) is 48.3 Å². The van der Waals surface area contributed by atoms with Crippen LogP contribution in [0.25, 0.3) is 0 Å². The average molecular weight is 309 g/mol. The van der Waals surface area contributed by atoms with Crippen molar-refractivity contribution in [3.63, 3.8) is 0 Å². The largest absolute Gasteiger partial charge is 0.382 e. The SMILES string of the molecule is O=C(c1cccc2c1NCCN2)N1CCCS(=O)(=O)CC1. The molecule has 2 aliphatic rings. The molecule has 1 saturated heterocycles. The summed E-state index contributed by atoms with van der Waals surface area (Å²) in [6, 6.07) is 5.58. The predicted molar refractivity (Wildman–Crippen MR) is 82.6 cm³/mol. The lowest BCUT2D eigenvalue weighted by atomic mass is 10.1. The molecule has 0 atom stereocenters. The van der Waals surface area contributed by atoms with Gasteiger partial charge in [-0.2, -0.15) is 0 Å². The molecule has 7 heteroatoms. The van der Waals surface area contributed by atoms with Gasteiger partial charge in [-0.25, -0.2) is 8.42 Å². The van der Waals surface area contributed by atoms with Crippen LogP contribution < -0.4 is 10.6 Å². The van der Waals surface area contributed by atoms with Crippen LogP contribution >= 0.6 is 0 Å². The third-order valence-electron chi connectivity index (χ3n) is 3.88. The van der Waals surface area contributed by atoms with Crippen LogP contribution in [0.15, 0.2) is 18.2 Å². The number of fused-ring (bicyclic) bond motifs is 1. The number of rotatable bonds is 1. The van der Waals surface area contributed by atoms with Gasteiger partial charge in [-0.15, -0.1) is 0 Å². The number of amides is 1. The fraction of sp³-hybridized carbons (Fsp3) is 0.500. The van der Waals surface area contributed by atoms with Crippen LogP contribution in [-0.2, 0) is 9.84 Å². The van der Waals surface area contributed by atoms with Crippen molar-refractivity contribution in [1.29, 1.82) is 0 Å². The van der Waals surface area contributed by atoms with E-state index in [2.05, 4.69) is 10.6 Å². The molecule has 0 saturated carbocycles. The Kier molecular flexibility index (Phi) is 3.75. The van der Waals surface area contributed by atoms with Gasteiger partial charge in [0.2, 0.25) is 0 Å². The molecule has 2 N–H and O–H groups in total. The lowest BCUT2D eigenvalue weighted by Gasteiger charge is -2.25. The van der Waals surface area contributed by atoms with Gasteiger partial charge in [0.1, 0.15) is 0 Å². The normalized spacial score (nSPS) is 20.7. The highest BCUT2D eigenvalue weighted by atomic mass is 32.2. The van der Waals surface area contributed by atoms with Crippen LogP contribution in [0.1, 0.15) is 16.8 Å². The molecule has 2 heterocycles. The number of para-hydroxylation sites is 1. The number of carbonyl (C=O) groups excluding carboxylic acids is 1. The van der Waals surface area contributed by atoms with Crippen molar-refractivity contribution in [2.24, 2.45) is 0 Å². The molecule has 0 aromatic heterocycles. The molecule has 0 bridgehead atoms. The summed E-state index contributed by atoms with van der Waals surface area (Å²) in [5, 5.41) is 6.51. The highest BCUT2D eigenvalue weighted by molar-refractivity contribution is 7.91. The van der Waals surface area contributed by atoms with Crippen molar-refractivity contribution in [3.05, 3.63) is 23.8 Å². The van der Waals surface area contributed by atoms with Gasteiger partial charge < -0.3 is 15.5 Å². The molecule has 21 heavy (non-hydrogen) atoms. The lowest BCUT2D eigenvalue weighted by Crippen LogP contribution is -2.34. The number of carbonyl (C=O) groups is 1. The summed E-state index contributed by atoms with van der Waals surface area (Å²) in [7, 11) is -3.01. The second-order valence-corrected chi connectivity index (χ2v) is 7.68. The number of hydrogen-bond donors (Lipinski definition) is 2. The van der Waals surface area contributed by atoms with E-state index in [0.29, 0.717) is 18.5 Å². The first-order valence-electron chi connectivity index (χ1n) is 7.17. The van der Waals surface area contributed by atoms with Gasteiger partial charge in [-0.3, -0.25) is 4.79 Å². The fourth-order valence-electron chi connectivity index (χ4n) is 2.76. The minimum Gasteiger partial charge on any atom is -0.382 e. The quantitative estimate of drug-likeness (QED) is 0.802. The summed E-state index contributed by atoms with van der Waals surface area (Å²) in [4.78, 5) is 14.3. The molecule has 114 valence electrons. The summed E-state index contributed by atoms with van der Waals surface area (Å²) in [6.07, 6.45) is 0.509. The van der Waals surface area contributed by atoms with Crippen molar-refractivity contribution in [2.45, 2.75) is 6.42 Å². The molecule has 0 unspecified atom stereocenters. The summed E-state index contributed by atoms with van der Waals surface area (Å²) >= 11 is 0. The Balaban J connectivity index is 1.85. The molecular weight excluding hydrogens is 290 g/mol. The van der Waals surface area contributed by atoms with E-state index >= 15 is 0 Å². The monoisotopic (exact) mass is 309 g/mol. The molecule has 3 rings (SSSR count). The van der Waals surface area contributed by atoms with E-state index in [9.17, 15) is 13.2 Å². The number of anilines is 2. The maximum Gasteiger partial charge on any atom is 0.256 e. The van der Waals surface area contributed by atoms with Crippen LogP contribution in [0.4, 0.5) is 11.4 Å². The molecule has 6 nitrogen and oxygen atoms in total. The molecule has 1 aromatic rings. The van der Waals surface area contributed by atoms with Crippen LogP contribution in [-0.4, -0.2) is 56.9 Å². The van der Waals surface area contributed by atoms with Gasteiger partial charge in [-0.05, 0) is 18.6 Å². The third kappa shape index (κ3) is 2.97. The Hall–Kier alpha value is -1.76. The smallest absolute Gasteiger partial charge is 0.256 e. The number of hydrogen-bond acceptors (Lipinski definition) is 5. The Bertz CT molecular complexity index is 657. The third-order valence-corrected chi connectivity index (χ3v) is 5.60. The van der Waals surface area contributed by atoms with Crippen LogP contribution in [0, 0.1) is 0 Å². The predicted octanol–water partition coefficient (Wildman–Crippen LogP) is 0.785. The number of benzene rings is 1. The van der Waals surface area contributed by atoms with E-state index < -0.39 is 9.84 Å². The van der Waals surface area contributed by atoms with Gasteiger partial charge in [0, 0.05) is 26.2 Å². The molecule has 0 spiro atoms. The molecular formula is C14H19N3O3S. The van der Waals surface area contributed by atoms with Crippen molar-refractivity contribution in [1.82, 2.24) is 4.90 Å². The number of nitrogens with zero attached hydrogens (tertiary/aromatic N) is 1. The van der Waals surface area contributed by atoms with E-state index in [-0.39, 0.29) is 24.0 Å². The average Bonchev–Trinajstić information content (AvgIpc) is 2.67. The Labute approximate surface area is 124 Å². The molecule has 1 fully saturated rings. The molecule has 1 aromatic carbocycles. The Morgan fingerprint density at radius 3 is 2.76 bits per heavy atom. The summed E-state index contributed by atoms with van der Waals surface area (Å²) in [5.74, 6) is 0.128. The zero-order valence-electron chi connectivity index (χ0n) is 11.8. The van der Waals surface area contributed by atoms with E-state index in [1.54, 1.807) is 11.0 Å². The van der Waals surface area contributed by atoms with E-state index in [1.165, 1.54) is 0 Å². The van der Waals surface area contributed by atoms with Gasteiger partial charge in [-0.1, -0.05) is 6.07 Å². The van der Waals surface area contributed by atoms with E-state index in [4.69, 9.17) is 0 Å². The van der Waals surface area contributed by atoms with E-state index in [0.717, 1.165) is 24.5 Å². The zero-order chi connectivity index (χ0) is 14.9. The first-order chi connectivity index (χ1) is 10.1.